The molecule has 1 saturated carbocycles. The molecule has 1 unspecified atom stereocenters. The summed E-state index contributed by atoms with van der Waals surface area (Å²) in [5, 5.41) is 7.58. The van der Waals surface area contributed by atoms with Crippen molar-refractivity contribution in [3.05, 3.63) is 22.4 Å². The van der Waals surface area contributed by atoms with E-state index in [2.05, 4.69) is 16.7 Å². The molecule has 1 aromatic rings. The molecule has 1 aromatic heterocycles. The van der Waals surface area contributed by atoms with Crippen LogP contribution < -0.4 is 16.4 Å². The molecule has 1 aliphatic carbocycles. The quantitative estimate of drug-likeness (QED) is 0.736. The van der Waals surface area contributed by atoms with Crippen molar-refractivity contribution in [2.45, 2.75) is 31.7 Å². The fraction of sp³-hybridized carbons (Fsp3) is 0.571. The van der Waals surface area contributed by atoms with E-state index in [0.717, 1.165) is 12.8 Å². The standard InChI is InChI=1S/C14H21N3O2S/c15-8-12(18)16-9-13(19)17-14(10-4-1-2-5-10)11-6-3-7-20-11/h3,6-7,10,14H,1-2,4-5,8-9,15H2,(H,16,18)(H,17,19). The predicted molar refractivity (Wildman–Crippen MR) is 79.2 cm³/mol. The van der Waals surface area contributed by atoms with Crippen LogP contribution in [0.25, 0.3) is 0 Å². The van der Waals surface area contributed by atoms with E-state index in [1.54, 1.807) is 11.3 Å². The van der Waals surface area contributed by atoms with Gasteiger partial charge >= 0.3 is 0 Å². The Morgan fingerprint density at radius 3 is 2.70 bits per heavy atom. The zero-order chi connectivity index (χ0) is 14.4. The SMILES string of the molecule is NCC(=O)NCC(=O)NC(c1cccs1)C1CCCC1. The molecule has 0 aromatic carbocycles. The van der Waals surface area contributed by atoms with Gasteiger partial charge in [-0.2, -0.15) is 0 Å². The third-order valence-corrected chi connectivity index (χ3v) is 4.62. The monoisotopic (exact) mass is 295 g/mol. The second kappa shape index (κ2) is 7.40. The summed E-state index contributed by atoms with van der Waals surface area (Å²) in [7, 11) is 0. The van der Waals surface area contributed by atoms with Crippen molar-refractivity contribution in [2.24, 2.45) is 11.7 Å². The Morgan fingerprint density at radius 1 is 1.35 bits per heavy atom. The third kappa shape index (κ3) is 4.05. The first-order valence-electron chi connectivity index (χ1n) is 7.00. The molecule has 0 saturated heterocycles. The van der Waals surface area contributed by atoms with Crippen molar-refractivity contribution in [1.29, 1.82) is 0 Å². The normalized spacial score (nSPS) is 16.9. The largest absolute Gasteiger partial charge is 0.347 e. The van der Waals surface area contributed by atoms with Crippen LogP contribution in [0.4, 0.5) is 0 Å². The predicted octanol–water partition coefficient (Wildman–Crippen LogP) is 1.17. The van der Waals surface area contributed by atoms with Crippen molar-refractivity contribution in [3.8, 4) is 0 Å². The molecule has 1 aliphatic rings. The second-order valence-electron chi connectivity index (χ2n) is 5.09. The van der Waals surface area contributed by atoms with Crippen LogP contribution in [0.2, 0.25) is 0 Å². The number of nitrogens with two attached hydrogens (primary N) is 1. The summed E-state index contributed by atoms with van der Waals surface area (Å²) in [4.78, 5) is 24.2. The molecule has 1 heterocycles. The minimum atomic E-state index is -0.311. The molecule has 0 spiro atoms. The van der Waals surface area contributed by atoms with E-state index in [0.29, 0.717) is 5.92 Å². The molecule has 110 valence electrons. The van der Waals surface area contributed by atoms with Gasteiger partial charge in [0.15, 0.2) is 0 Å². The molecule has 0 aliphatic heterocycles. The highest BCUT2D eigenvalue weighted by molar-refractivity contribution is 7.10. The number of thiophene rings is 1. The van der Waals surface area contributed by atoms with Crippen LogP contribution in [0.15, 0.2) is 17.5 Å². The Bertz CT molecular complexity index is 441. The zero-order valence-electron chi connectivity index (χ0n) is 11.4. The fourth-order valence-electron chi connectivity index (χ4n) is 2.66. The van der Waals surface area contributed by atoms with Crippen molar-refractivity contribution in [3.63, 3.8) is 0 Å². The number of amides is 2. The number of carbonyl (C=O) groups is 2. The van der Waals surface area contributed by atoms with E-state index in [4.69, 9.17) is 5.73 Å². The van der Waals surface area contributed by atoms with E-state index < -0.39 is 0 Å². The van der Waals surface area contributed by atoms with Crippen LogP contribution in [0.5, 0.6) is 0 Å². The van der Waals surface area contributed by atoms with Crippen LogP contribution in [-0.4, -0.2) is 24.9 Å². The van der Waals surface area contributed by atoms with Gasteiger partial charge in [-0.25, -0.2) is 0 Å². The topological polar surface area (TPSA) is 84.2 Å². The van der Waals surface area contributed by atoms with Gasteiger partial charge in [0.2, 0.25) is 11.8 Å². The molecule has 2 rings (SSSR count). The highest BCUT2D eigenvalue weighted by Gasteiger charge is 2.28. The van der Waals surface area contributed by atoms with Gasteiger partial charge in [-0.05, 0) is 30.2 Å². The van der Waals surface area contributed by atoms with Crippen LogP contribution in [0.3, 0.4) is 0 Å². The Hall–Kier alpha value is -1.40. The first-order valence-corrected chi connectivity index (χ1v) is 7.88. The number of hydrogen-bond acceptors (Lipinski definition) is 4. The van der Waals surface area contributed by atoms with Gasteiger partial charge in [-0.15, -0.1) is 11.3 Å². The Labute approximate surface area is 122 Å². The lowest BCUT2D eigenvalue weighted by atomic mass is 9.96. The van der Waals surface area contributed by atoms with Gasteiger partial charge in [-0.1, -0.05) is 18.9 Å². The molecule has 1 atom stereocenters. The van der Waals surface area contributed by atoms with Crippen molar-refractivity contribution in [2.75, 3.05) is 13.1 Å². The molecule has 2 amide bonds. The average Bonchev–Trinajstić information content (AvgIpc) is 3.14. The lowest BCUT2D eigenvalue weighted by Crippen LogP contribution is -2.41. The maximum atomic E-state index is 12.0. The van der Waals surface area contributed by atoms with E-state index in [1.807, 2.05) is 11.4 Å². The minimum absolute atomic E-state index is 0.00930. The summed E-state index contributed by atoms with van der Waals surface area (Å²) in [6.45, 7) is -0.102. The Kier molecular flexibility index (Phi) is 5.55. The van der Waals surface area contributed by atoms with Crippen LogP contribution >= 0.6 is 11.3 Å². The highest BCUT2D eigenvalue weighted by atomic mass is 32.1. The summed E-state index contributed by atoms with van der Waals surface area (Å²) >= 11 is 1.67. The number of nitrogens with one attached hydrogen (secondary N) is 2. The summed E-state index contributed by atoms with van der Waals surface area (Å²) in [5.74, 6) is 0.0357. The van der Waals surface area contributed by atoms with Gasteiger partial charge in [0.05, 0.1) is 19.1 Å². The van der Waals surface area contributed by atoms with Gasteiger partial charge in [0, 0.05) is 4.88 Å². The van der Waals surface area contributed by atoms with Crippen molar-refractivity contribution in [1.82, 2.24) is 10.6 Å². The molecule has 0 radical (unpaired) electrons. The lowest BCUT2D eigenvalue weighted by molar-refractivity contribution is -0.126. The van der Waals surface area contributed by atoms with Gasteiger partial charge in [0.1, 0.15) is 0 Å². The van der Waals surface area contributed by atoms with Crippen LogP contribution in [0.1, 0.15) is 36.6 Å². The molecule has 4 N–H and O–H groups in total. The first kappa shape index (κ1) is 15.0. The maximum absolute atomic E-state index is 12.0. The minimum Gasteiger partial charge on any atom is -0.347 e. The lowest BCUT2D eigenvalue weighted by Gasteiger charge is -2.23. The Balaban J connectivity index is 1.93. The van der Waals surface area contributed by atoms with Crippen LogP contribution in [-0.2, 0) is 9.59 Å². The van der Waals surface area contributed by atoms with Crippen molar-refractivity contribution >= 4 is 23.2 Å². The third-order valence-electron chi connectivity index (χ3n) is 3.67. The summed E-state index contributed by atoms with van der Waals surface area (Å²) < 4.78 is 0. The van der Waals surface area contributed by atoms with Crippen LogP contribution in [0, 0.1) is 5.92 Å². The van der Waals surface area contributed by atoms with Gasteiger partial charge in [-0.3, -0.25) is 9.59 Å². The van der Waals surface area contributed by atoms with E-state index >= 15 is 0 Å². The van der Waals surface area contributed by atoms with Gasteiger partial charge in [0.25, 0.3) is 0 Å². The highest BCUT2D eigenvalue weighted by Crippen LogP contribution is 2.37. The maximum Gasteiger partial charge on any atom is 0.239 e. The number of carbonyl (C=O) groups excluding carboxylic acids is 2. The molecule has 20 heavy (non-hydrogen) atoms. The zero-order valence-corrected chi connectivity index (χ0v) is 12.2. The van der Waals surface area contributed by atoms with E-state index in [1.165, 1.54) is 17.7 Å². The number of rotatable bonds is 6. The van der Waals surface area contributed by atoms with E-state index in [-0.39, 0.29) is 30.9 Å². The van der Waals surface area contributed by atoms with Crippen molar-refractivity contribution < 1.29 is 9.59 Å². The molecular formula is C14H21N3O2S. The summed E-state index contributed by atoms with van der Waals surface area (Å²) in [5.41, 5.74) is 5.19. The summed E-state index contributed by atoms with van der Waals surface area (Å²) in [6.07, 6.45) is 4.76. The molecular weight excluding hydrogens is 274 g/mol. The number of hydrogen-bond donors (Lipinski definition) is 3. The van der Waals surface area contributed by atoms with Gasteiger partial charge < -0.3 is 16.4 Å². The van der Waals surface area contributed by atoms with E-state index in [9.17, 15) is 9.59 Å². The molecule has 6 heteroatoms. The molecule has 1 fully saturated rings. The Morgan fingerprint density at radius 2 is 2.10 bits per heavy atom. The summed E-state index contributed by atoms with van der Waals surface area (Å²) in [6, 6.07) is 4.14. The fourth-order valence-corrected chi connectivity index (χ4v) is 3.53. The first-order chi connectivity index (χ1) is 9.70. The second-order valence-corrected chi connectivity index (χ2v) is 6.07. The molecule has 5 nitrogen and oxygen atoms in total. The smallest absolute Gasteiger partial charge is 0.239 e. The molecule has 0 bridgehead atoms. The average molecular weight is 295 g/mol.